The number of hydrogen-bond acceptors (Lipinski definition) is 3. The average molecular weight is 304 g/mol. The summed E-state index contributed by atoms with van der Waals surface area (Å²) >= 11 is 17.4. The summed E-state index contributed by atoms with van der Waals surface area (Å²) in [6, 6.07) is 5.33. The maximum absolute atomic E-state index is 8.87. The van der Waals surface area contributed by atoms with Gasteiger partial charge in [0.2, 0.25) is 0 Å². The molecule has 0 amide bonds. The molecular formula is C11H11Cl2N3OS. The van der Waals surface area contributed by atoms with Crippen LogP contribution in [0.15, 0.2) is 18.2 Å². The van der Waals surface area contributed by atoms with Crippen molar-refractivity contribution >= 4 is 35.4 Å². The molecule has 7 heteroatoms. The number of nitrogens with one attached hydrogen (secondary N) is 1. The highest BCUT2D eigenvalue weighted by Gasteiger charge is 2.12. The fraction of sp³-hybridized carbons (Fsp3) is 0.273. The van der Waals surface area contributed by atoms with Gasteiger partial charge < -0.3 is 5.11 Å². The van der Waals surface area contributed by atoms with Gasteiger partial charge >= 0.3 is 0 Å². The predicted octanol–water partition coefficient (Wildman–Crippen LogP) is 3.16. The summed E-state index contributed by atoms with van der Waals surface area (Å²) in [6.07, 6.45) is 1.21. The van der Waals surface area contributed by atoms with Gasteiger partial charge in [-0.15, -0.1) is 0 Å². The van der Waals surface area contributed by atoms with Crippen LogP contribution in [-0.4, -0.2) is 26.5 Å². The van der Waals surface area contributed by atoms with Gasteiger partial charge in [-0.25, -0.2) is 0 Å². The highest BCUT2D eigenvalue weighted by Crippen LogP contribution is 2.29. The number of aromatic amines is 1. The number of aromatic nitrogens is 3. The SMILES string of the molecule is OCCCc1n[nH]c(=S)n1-c1cccc(Cl)c1Cl. The monoisotopic (exact) mass is 303 g/mol. The van der Waals surface area contributed by atoms with Gasteiger partial charge in [0.25, 0.3) is 0 Å². The lowest BCUT2D eigenvalue weighted by molar-refractivity contribution is 0.287. The molecule has 0 aliphatic carbocycles. The second-order valence-electron chi connectivity index (χ2n) is 3.68. The van der Waals surface area contributed by atoms with Gasteiger partial charge in [0.1, 0.15) is 5.82 Å². The van der Waals surface area contributed by atoms with Crippen molar-refractivity contribution in [1.29, 1.82) is 0 Å². The minimum Gasteiger partial charge on any atom is -0.396 e. The molecule has 2 N–H and O–H groups in total. The van der Waals surface area contributed by atoms with Crippen molar-refractivity contribution in [2.75, 3.05) is 6.61 Å². The predicted molar refractivity (Wildman–Crippen MR) is 74.2 cm³/mol. The van der Waals surface area contributed by atoms with Crippen LogP contribution < -0.4 is 0 Å². The number of nitrogens with zero attached hydrogens (tertiary/aromatic N) is 2. The maximum Gasteiger partial charge on any atom is 0.199 e. The van der Waals surface area contributed by atoms with Crippen molar-refractivity contribution in [2.24, 2.45) is 0 Å². The summed E-state index contributed by atoms with van der Waals surface area (Å²) < 4.78 is 2.19. The van der Waals surface area contributed by atoms with E-state index in [1.54, 1.807) is 16.7 Å². The molecule has 0 saturated heterocycles. The van der Waals surface area contributed by atoms with E-state index in [9.17, 15) is 0 Å². The first kappa shape index (κ1) is 13.5. The van der Waals surface area contributed by atoms with Crippen LogP contribution in [0.5, 0.6) is 0 Å². The molecular weight excluding hydrogens is 293 g/mol. The van der Waals surface area contributed by atoms with E-state index >= 15 is 0 Å². The maximum atomic E-state index is 8.87. The van der Waals surface area contributed by atoms with Crippen LogP contribution in [0.25, 0.3) is 5.69 Å². The minimum absolute atomic E-state index is 0.100. The molecule has 0 atom stereocenters. The van der Waals surface area contributed by atoms with Crippen molar-refractivity contribution in [3.05, 3.63) is 38.8 Å². The summed E-state index contributed by atoms with van der Waals surface area (Å²) in [5.74, 6) is 0.721. The average Bonchev–Trinajstić information content (AvgIpc) is 2.72. The summed E-state index contributed by atoms with van der Waals surface area (Å²) in [6.45, 7) is 0.100. The van der Waals surface area contributed by atoms with Gasteiger partial charge in [0, 0.05) is 13.0 Å². The summed E-state index contributed by atoms with van der Waals surface area (Å²) in [7, 11) is 0. The van der Waals surface area contributed by atoms with Crippen molar-refractivity contribution < 1.29 is 5.11 Å². The first-order valence-electron chi connectivity index (χ1n) is 5.36. The van der Waals surface area contributed by atoms with Crippen LogP contribution in [0.1, 0.15) is 12.2 Å². The molecule has 0 spiro atoms. The molecule has 2 rings (SSSR count). The van der Waals surface area contributed by atoms with E-state index in [2.05, 4.69) is 10.2 Å². The lowest BCUT2D eigenvalue weighted by Gasteiger charge is -2.09. The number of aliphatic hydroxyl groups excluding tert-OH is 1. The largest absolute Gasteiger partial charge is 0.396 e. The molecule has 0 aliphatic heterocycles. The quantitative estimate of drug-likeness (QED) is 0.853. The number of rotatable bonds is 4. The molecule has 2 aromatic rings. The van der Waals surface area contributed by atoms with Gasteiger partial charge in [-0.1, -0.05) is 29.3 Å². The molecule has 96 valence electrons. The molecule has 1 aromatic heterocycles. The summed E-state index contributed by atoms with van der Waals surface area (Å²) in [5, 5.41) is 16.6. The molecule has 1 aromatic carbocycles. The van der Waals surface area contributed by atoms with Crippen molar-refractivity contribution in [3.8, 4) is 5.69 Å². The van der Waals surface area contributed by atoms with Crippen molar-refractivity contribution in [2.45, 2.75) is 12.8 Å². The summed E-state index contributed by atoms with van der Waals surface area (Å²) in [5.41, 5.74) is 0.691. The smallest absolute Gasteiger partial charge is 0.199 e. The number of aryl methyl sites for hydroxylation is 1. The molecule has 0 unspecified atom stereocenters. The number of H-pyrrole nitrogens is 1. The highest BCUT2D eigenvalue weighted by atomic mass is 35.5. The molecule has 1 heterocycles. The number of aliphatic hydroxyl groups is 1. The standard InChI is InChI=1S/C11H11Cl2N3OS/c12-7-3-1-4-8(10(7)13)16-9(5-2-6-17)14-15-11(16)18/h1,3-4,17H,2,5-6H2,(H,15,18). The van der Waals surface area contributed by atoms with E-state index in [1.807, 2.05) is 6.07 Å². The molecule has 0 saturated carbocycles. The Kier molecular flexibility index (Phi) is 4.40. The van der Waals surface area contributed by atoms with E-state index in [1.165, 1.54) is 0 Å². The lowest BCUT2D eigenvalue weighted by atomic mass is 10.2. The fourth-order valence-electron chi connectivity index (χ4n) is 1.65. The van der Waals surface area contributed by atoms with Crippen molar-refractivity contribution in [1.82, 2.24) is 14.8 Å². The Morgan fingerprint density at radius 1 is 1.39 bits per heavy atom. The normalized spacial score (nSPS) is 10.8. The van der Waals surface area contributed by atoms with E-state index in [-0.39, 0.29) is 6.61 Å². The Bertz CT molecular complexity index is 609. The third kappa shape index (κ3) is 2.59. The van der Waals surface area contributed by atoms with Gasteiger partial charge in [0.05, 0.1) is 15.7 Å². The minimum atomic E-state index is 0.100. The zero-order valence-corrected chi connectivity index (χ0v) is 11.7. The zero-order chi connectivity index (χ0) is 13.1. The molecule has 4 nitrogen and oxygen atoms in total. The third-order valence-corrected chi connectivity index (χ3v) is 3.56. The van der Waals surface area contributed by atoms with Crippen LogP contribution in [0.4, 0.5) is 0 Å². The lowest BCUT2D eigenvalue weighted by Crippen LogP contribution is -2.03. The van der Waals surface area contributed by atoms with Crippen LogP contribution in [0, 0.1) is 4.77 Å². The molecule has 0 radical (unpaired) electrons. The van der Waals surface area contributed by atoms with Crippen molar-refractivity contribution in [3.63, 3.8) is 0 Å². The van der Waals surface area contributed by atoms with Crippen LogP contribution in [-0.2, 0) is 6.42 Å². The molecule has 0 fully saturated rings. The fourth-order valence-corrected chi connectivity index (χ4v) is 2.28. The second kappa shape index (κ2) is 5.84. The first-order valence-corrected chi connectivity index (χ1v) is 6.53. The molecule has 0 bridgehead atoms. The van der Waals surface area contributed by atoms with E-state index in [4.69, 9.17) is 40.5 Å². The zero-order valence-electron chi connectivity index (χ0n) is 9.36. The Morgan fingerprint density at radius 2 is 2.17 bits per heavy atom. The number of halogens is 2. The van der Waals surface area contributed by atoms with E-state index < -0.39 is 0 Å². The number of hydrogen-bond donors (Lipinski definition) is 2. The highest BCUT2D eigenvalue weighted by molar-refractivity contribution is 7.71. The first-order chi connectivity index (χ1) is 8.65. The molecule has 18 heavy (non-hydrogen) atoms. The van der Waals surface area contributed by atoms with E-state index in [0.29, 0.717) is 33.3 Å². The van der Waals surface area contributed by atoms with Crippen LogP contribution in [0.2, 0.25) is 10.0 Å². The topological polar surface area (TPSA) is 53.8 Å². The Morgan fingerprint density at radius 3 is 2.89 bits per heavy atom. The van der Waals surface area contributed by atoms with Gasteiger partial charge in [-0.2, -0.15) is 5.10 Å². The van der Waals surface area contributed by atoms with Gasteiger partial charge in [-0.3, -0.25) is 9.67 Å². The second-order valence-corrected chi connectivity index (χ2v) is 4.85. The van der Waals surface area contributed by atoms with Crippen LogP contribution in [0.3, 0.4) is 0 Å². The Balaban J connectivity index is 2.53. The van der Waals surface area contributed by atoms with E-state index in [0.717, 1.165) is 5.82 Å². The molecule has 0 aliphatic rings. The summed E-state index contributed by atoms with van der Waals surface area (Å²) in [4.78, 5) is 0. The third-order valence-electron chi connectivity index (χ3n) is 2.47. The van der Waals surface area contributed by atoms with Gasteiger partial charge in [0.15, 0.2) is 4.77 Å². The number of benzene rings is 1. The Labute approximate surface area is 119 Å². The van der Waals surface area contributed by atoms with Crippen LogP contribution >= 0.6 is 35.4 Å². The Hall–Kier alpha value is -0.880. The van der Waals surface area contributed by atoms with Gasteiger partial charge in [-0.05, 0) is 30.8 Å².